The molecule has 0 bridgehead atoms. The van der Waals surface area contributed by atoms with E-state index in [0.29, 0.717) is 25.8 Å². The minimum atomic E-state index is -1.21. The number of amides is 3. The minimum Gasteiger partial charge on any atom is -0.481 e. The number of carbonyl (C=O) groups is 5. The summed E-state index contributed by atoms with van der Waals surface area (Å²) < 4.78 is 0. The van der Waals surface area contributed by atoms with E-state index < -0.39 is 53.8 Å². The van der Waals surface area contributed by atoms with Crippen LogP contribution in [0.25, 0.3) is 0 Å². The van der Waals surface area contributed by atoms with Crippen molar-refractivity contribution in [1.29, 1.82) is 0 Å². The van der Waals surface area contributed by atoms with Crippen molar-refractivity contribution in [1.82, 2.24) is 16.0 Å². The van der Waals surface area contributed by atoms with Crippen LogP contribution in [0.15, 0.2) is 4.99 Å². The van der Waals surface area contributed by atoms with Gasteiger partial charge in [-0.15, -0.1) is 0 Å². The molecule has 0 rings (SSSR count). The Kier molecular flexibility index (Phi) is 15.4. The van der Waals surface area contributed by atoms with Crippen LogP contribution in [0, 0.1) is 0 Å². The summed E-state index contributed by atoms with van der Waals surface area (Å²) in [6.07, 6.45) is 1.19. The van der Waals surface area contributed by atoms with Crippen LogP contribution in [0.5, 0.6) is 0 Å². The summed E-state index contributed by atoms with van der Waals surface area (Å²) in [6.45, 7) is 1.93. The average Bonchev–Trinajstić information content (AvgIpc) is 2.77. The second-order valence-corrected chi connectivity index (χ2v) is 7.96. The number of hydrogen-bond acceptors (Lipinski definition) is 8. The van der Waals surface area contributed by atoms with Gasteiger partial charge in [0, 0.05) is 13.0 Å². The number of carboxylic acid groups (broad SMARTS) is 2. The third kappa shape index (κ3) is 14.4. The van der Waals surface area contributed by atoms with Gasteiger partial charge in [0.2, 0.25) is 17.7 Å². The highest BCUT2D eigenvalue weighted by Gasteiger charge is 2.28. The molecule has 15 nitrogen and oxygen atoms in total. The number of nitrogens with two attached hydrogens (primary N) is 4. The molecule has 4 unspecified atom stereocenters. The van der Waals surface area contributed by atoms with Crippen molar-refractivity contribution >= 4 is 35.6 Å². The highest BCUT2D eigenvalue weighted by Crippen LogP contribution is 2.04. The van der Waals surface area contributed by atoms with E-state index in [1.54, 1.807) is 0 Å². The van der Waals surface area contributed by atoms with Crippen LogP contribution in [-0.2, 0) is 24.0 Å². The molecule has 3 amide bonds. The summed E-state index contributed by atoms with van der Waals surface area (Å²) in [5, 5.41) is 25.3. The minimum absolute atomic E-state index is 0.0885. The molecule has 13 N–H and O–H groups in total. The summed E-state index contributed by atoms with van der Waals surface area (Å²) in [5.74, 6) is -4.66. The van der Waals surface area contributed by atoms with Gasteiger partial charge in [0.05, 0.1) is 6.04 Å². The Bertz CT molecular complexity index is 758. The van der Waals surface area contributed by atoms with E-state index in [-0.39, 0.29) is 38.2 Å². The van der Waals surface area contributed by atoms with Crippen molar-refractivity contribution in [3.63, 3.8) is 0 Å². The summed E-state index contributed by atoms with van der Waals surface area (Å²) in [7, 11) is 0. The first-order valence-corrected chi connectivity index (χ1v) is 11.3. The molecule has 0 aliphatic heterocycles. The maximum absolute atomic E-state index is 12.8. The molecule has 15 heteroatoms. The lowest BCUT2D eigenvalue weighted by Gasteiger charge is -2.23. The molecule has 0 aliphatic carbocycles. The van der Waals surface area contributed by atoms with E-state index in [0.717, 1.165) is 0 Å². The summed E-state index contributed by atoms with van der Waals surface area (Å²) in [6, 6.07) is -4.54. The largest absolute Gasteiger partial charge is 0.481 e. The number of aliphatic carboxylic acids is 2. The molecule has 0 spiro atoms. The van der Waals surface area contributed by atoms with Crippen LogP contribution in [0.2, 0.25) is 0 Å². The van der Waals surface area contributed by atoms with Crippen LogP contribution in [-0.4, -0.2) is 83.1 Å². The highest BCUT2D eigenvalue weighted by atomic mass is 16.4. The predicted octanol–water partition coefficient (Wildman–Crippen LogP) is -3.08. The first kappa shape index (κ1) is 31.5. The molecule has 0 aromatic rings. The van der Waals surface area contributed by atoms with E-state index in [2.05, 4.69) is 20.9 Å². The van der Waals surface area contributed by atoms with Crippen molar-refractivity contribution in [2.75, 3.05) is 13.1 Å². The maximum Gasteiger partial charge on any atom is 0.326 e. The van der Waals surface area contributed by atoms with Crippen LogP contribution >= 0.6 is 0 Å². The fraction of sp³-hybridized carbons (Fsp3) is 0.700. The summed E-state index contributed by atoms with van der Waals surface area (Å²) >= 11 is 0. The molecule has 0 aliphatic rings. The Morgan fingerprint density at radius 2 is 1.43 bits per heavy atom. The second-order valence-electron chi connectivity index (χ2n) is 7.96. The number of nitrogens with zero attached hydrogens (tertiary/aromatic N) is 1. The number of carbonyl (C=O) groups excluding carboxylic acids is 3. The van der Waals surface area contributed by atoms with E-state index in [4.69, 9.17) is 28.0 Å². The Morgan fingerprint density at radius 1 is 0.829 bits per heavy atom. The fourth-order valence-corrected chi connectivity index (χ4v) is 2.89. The smallest absolute Gasteiger partial charge is 0.326 e. The third-order valence-electron chi connectivity index (χ3n) is 4.90. The Balaban J connectivity index is 5.16. The monoisotopic (exact) mass is 502 g/mol. The molecule has 0 heterocycles. The van der Waals surface area contributed by atoms with Gasteiger partial charge in [0.25, 0.3) is 0 Å². The molecule has 0 saturated heterocycles. The van der Waals surface area contributed by atoms with Gasteiger partial charge in [-0.25, -0.2) is 4.79 Å². The van der Waals surface area contributed by atoms with E-state index in [1.165, 1.54) is 6.92 Å². The predicted molar refractivity (Wildman–Crippen MR) is 127 cm³/mol. The lowest BCUT2D eigenvalue weighted by atomic mass is 10.1. The van der Waals surface area contributed by atoms with Crippen LogP contribution in [0.3, 0.4) is 0 Å². The van der Waals surface area contributed by atoms with Crippen LogP contribution in [0.1, 0.15) is 51.9 Å². The van der Waals surface area contributed by atoms with Gasteiger partial charge in [-0.05, 0) is 52.0 Å². The normalized spacial score (nSPS) is 14.0. The van der Waals surface area contributed by atoms with Crippen molar-refractivity contribution in [2.45, 2.75) is 76.0 Å². The lowest BCUT2D eigenvalue weighted by Crippen LogP contribution is -2.56. The zero-order chi connectivity index (χ0) is 27.0. The van der Waals surface area contributed by atoms with Crippen LogP contribution in [0.4, 0.5) is 0 Å². The first-order chi connectivity index (χ1) is 16.4. The number of hydrogen-bond donors (Lipinski definition) is 9. The van der Waals surface area contributed by atoms with Gasteiger partial charge in [-0.1, -0.05) is 0 Å². The van der Waals surface area contributed by atoms with Crippen molar-refractivity contribution < 1.29 is 34.2 Å². The SMILES string of the molecule is CC(NC(=O)C(CCCN=C(N)N)NC(=O)C(N)CCC(=O)O)C(=O)NC(CCCCN)C(=O)O. The van der Waals surface area contributed by atoms with E-state index >= 15 is 0 Å². The zero-order valence-corrected chi connectivity index (χ0v) is 19.9. The number of unbranched alkanes of at least 4 members (excludes halogenated alkanes) is 1. The number of guanidine groups is 1. The topological polar surface area (TPSA) is 278 Å². The molecule has 4 atom stereocenters. The van der Waals surface area contributed by atoms with Gasteiger partial charge in [0.15, 0.2) is 5.96 Å². The molecule has 0 fully saturated rings. The van der Waals surface area contributed by atoms with Crippen molar-refractivity contribution in [3.8, 4) is 0 Å². The number of nitrogens with one attached hydrogen (secondary N) is 3. The van der Waals surface area contributed by atoms with Gasteiger partial charge in [-0.2, -0.15) is 0 Å². The van der Waals surface area contributed by atoms with Crippen molar-refractivity contribution in [2.24, 2.45) is 27.9 Å². The quantitative estimate of drug-likeness (QED) is 0.0514. The molecule has 0 radical (unpaired) electrons. The number of aliphatic imine (C=N–C) groups is 1. The first-order valence-electron chi connectivity index (χ1n) is 11.3. The van der Waals surface area contributed by atoms with Gasteiger partial charge >= 0.3 is 11.9 Å². The highest BCUT2D eigenvalue weighted by molar-refractivity contribution is 5.94. The van der Waals surface area contributed by atoms with E-state index in [9.17, 15) is 29.1 Å². The molecular formula is C20H38N8O7. The Morgan fingerprint density at radius 3 is 1.97 bits per heavy atom. The molecule has 0 saturated carbocycles. The van der Waals surface area contributed by atoms with Gasteiger partial charge in [-0.3, -0.25) is 24.2 Å². The zero-order valence-electron chi connectivity index (χ0n) is 19.9. The summed E-state index contributed by atoms with van der Waals surface area (Å²) in [5.41, 5.74) is 21.6. The molecule has 0 aromatic heterocycles. The summed E-state index contributed by atoms with van der Waals surface area (Å²) in [4.78, 5) is 63.5. The molecule has 0 aromatic carbocycles. The molecule has 200 valence electrons. The molecule has 35 heavy (non-hydrogen) atoms. The number of rotatable bonds is 18. The Hall–Kier alpha value is -3.46. The number of carboxylic acids is 2. The van der Waals surface area contributed by atoms with Gasteiger partial charge < -0.3 is 49.1 Å². The molecular weight excluding hydrogens is 464 g/mol. The lowest BCUT2D eigenvalue weighted by molar-refractivity contribution is -0.142. The van der Waals surface area contributed by atoms with Crippen molar-refractivity contribution in [3.05, 3.63) is 0 Å². The van der Waals surface area contributed by atoms with E-state index in [1.807, 2.05) is 0 Å². The average molecular weight is 503 g/mol. The third-order valence-corrected chi connectivity index (χ3v) is 4.90. The maximum atomic E-state index is 12.8. The van der Waals surface area contributed by atoms with Crippen LogP contribution < -0.4 is 38.9 Å². The fourth-order valence-electron chi connectivity index (χ4n) is 2.89. The van der Waals surface area contributed by atoms with Gasteiger partial charge in [0.1, 0.15) is 18.1 Å². The Labute approximate surface area is 203 Å². The standard InChI is InChI=1S/C20H38N8O7/c1-11(16(31)28-14(19(34)35)5-2-3-9-21)26-18(33)13(6-4-10-25-20(23)24)27-17(32)12(22)7-8-15(29)30/h11-14H,2-10,21-22H2,1H3,(H,26,33)(H,27,32)(H,28,31)(H,29,30)(H,34,35)(H4,23,24,25). The second kappa shape index (κ2) is 17.0.